The quantitative estimate of drug-likeness (QED) is 0.775. The Morgan fingerprint density at radius 2 is 2.04 bits per heavy atom. The molecular formula is C21H28N4O2. The molecule has 1 aliphatic heterocycles. The second-order valence-corrected chi connectivity index (χ2v) is 8.15. The molecule has 2 atom stereocenters. The van der Waals surface area contributed by atoms with Crippen molar-refractivity contribution in [3.63, 3.8) is 0 Å². The molecule has 4 N–H and O–H groups in total. The lowest BCUT2D eigenvalue weighted by molar-refractivity contribution is -0.125. The van der Waals surface area contributed by atoms with Crippen LogP contribution in [0.4, 0.5) is 0 Å². The van der Waals surface area contributed by atoms with E-state index in [0.29, 0.717) is 18.5 Å². The molecule has 2 aromatic rings. The lowest BCUT2D eigenvalue weighted by atomic mass is 9.95. The van der Waals surface area contributed by atoms with E-state index in [0.717, 1.165) is 23.7 Å². The molecule has 0 radical (unpaired) electrons. The van der Waals surface area contributed by atoms with Gasteiger partial charge in [0.25, 0.3) is 5.91 Å². The van der Waals surface area contributed by atoms with Crippen molar-refractivity contribution in [2.45, 2.75) is 64.1 Å². The number of nitrogens with zero attached hydrogens (tertiary/aromatic N) is 1. The Labute approximate surface area is 159 Å². The topological polar surface area (TPSA) is 91.2 Å². The van der Waals surface area contributed by atoms with Crippen LogP contribution in [0.5, 0.6) is 0 Å². The summed E-state index contributed by atoms with van der Waals surface area (Å²) in [7, 11) is 0. The number of aryl methyl sites for hydroxylation is 2. The third kappa shape index (κ3) is 3.23. The molecule has 1 aliphatic carbocycles. The van der Waals surface area contributed by atoms with E-state index in [1.54, 1.807) is 4.90 Å². The number of hydrogen-bond donors (Lipinski definition) is 3. The summed E-state index contributed by atoms with van der Waals surface area (Å²) in [5.41, 5.74) is 10.2. The summed E-state index contributed by atoms with van der Waals surface area (Å²) in [5, 5.41) is 4.06. The van der Waals surface area contributed by atoms with Gasteiger partial charge in [0.15, 0.2) is 0 Å². The highest BCUT2D eigenvalue weighted by molar-refractivity contribution is 6.08. The van der Waals surface area contributed by atoms with E-state index in [1.165, 1.54) is 24.1 Å². The average molecular weight is 368 g/mol. The summed E-state index contributed by atoms with van der Waals surface area (Å²) in [6, 6.07) is 5.24. The molecule has 2 aliphatic rings. The highest BCUT2D eigenvalue weighted by atomic mass is 16.2. The van der Waals surface area contributed by atoms with Crippen molar-refractivity contribution in [1.82, 2.24) is 15.2 Å². The zero-order chi connectivity index (χ0) is 19.1. The largest absolute Gasteiger partial charge is 0.358 e. The number of aromatic nitrogens is 1. The number of carbonyl (C=O) groups is 2. The van der Waals surface area contributed by atoms with Gasteiger partial charge in [0.1, 0.15) is 6.04 Å². The number of H-pyrrole nitrogens is 1. The van der Waals surface area contributed by atoms with Crippen LogP contribution in [0.1, 0.15) is 54.7 Å². The Kier molecular flexibility index (Phi) is 4.68. The number of amides is 2. The standard InChI is InChI=1S/C21H28N4O2/c1-12(2)23-20(26)18-10-13(22)11-25(18)21(27)16-8-5-7-15-14-6-3-4-9-17(14)24-19(15)16/h5,7-8,12-13,18,24H,3-4,6,9-11,22H2,1-2H3,(H,23,26)/t13-,18+/m1/s1. The molecule has 1 aromatic heterocycles. The van der Waals surface area contributed by atoms with Gasteiger partial charge in [-0.1, -0.05) is 12.1 Å². The summed E-state index contributed by atoms with van der Waals surface area (Å²) in [5.74, 6) is -0.236. The molecule has 0 unspecified atom stereocenters. The molecule has 1 saturated heterocycles. The van der Waals surface area contributed by atoms with Crippen LogP contribution in [0.2, 0.25) is 0 Å². The molecule has 2 amide bonds. The molecule has 144 valence electrons. The number of benzene rings is 1. The fraction of sp³-hybridized carbons (Fsp3) is 0.524. The van der Waals surface area contributed by atoms with E-state index in [4.69, 9.17) is 5.73 Å². The van der Waals surface area contributed by atoms with Gasteiger partial charge in [-0.15, -0.1) is 0 Å². The zero-order valence-electron chi connectivity index (χ0n) is 16.0. The minimum Gasteiger partial charge on any atom is -0.358 e. The number of likely N-dealkylation sites (tertiary alicyclic amines) is 1. The minimum absolute atomic E-state index is 0.0323. The SMILES string of the molecule is CC(C)NC(=O)[C@@H]1C[C@@H](N)CN1C(=O)c1cccc2c3c([nH]c12)CCCC3. The third-order valence-electron chi connectivity index (χ3n) is 5.69. The number of aromatic amines is 1. The molecular weight excluding hydrogens is 340 g/mol. The Bertz CT molecular complexity index is 886. The second kappa shape index (κ2) is 7.00. The maximum Gasteiger partial charge on any atom is 0.256 e. The van der Waals surface area contributed by atoms with Gasteiger partial charge in [0.05, 0.1) is 11.1 Å². The van der Waals surface area contributed by atoms with Crippen LogP contribution in [-0.2, 0) is 17.6 Å². The third-order valence-corrected chi connectivity index (χ3v) is 5.69. The van der Waals surface area contributed by atoms with Gasteiger partial charge < -0.3 is 20.9 Å². The fourth-order valence-corrected chi connectivity index (χ4v) is 4.48. The average Bonchev–Trinajstić information content (AvgIpc) is 3.21. The van der Waals surface area contributed by atoms with Crippen LogP contribution in [0, 0.1) is 0 Å². The van der Waals surface area contributed by atoms with E-state index in [1.807, 2.05) is 26.0 Å². The summed E-state index contributed by atoms with van der Waals surface area (Å²) >= 11 is 0. The van der Waals surface area contributed by atoms with Crippen molar-refractivity contribution < 1.29 is 9.59 Å². The van der Waals surface area contributed by atoms with Crippen LogP contribution in [0.15, 0.2) is 18.2 Å². The molecule has 6 heteroatoms. The molecule has 0 spiro atoms. The summed E-state index contributed by atoms with van der Waals surface area (Å²) in [4.78, 5) is 31.1. The smallest absolute Gasteiger partial charge is 0.256 e. The molecule has 4 rings (SSSR count). The zero-order valence-corrected chi connectivity index (χ0v) is 16.0. The van der Waals surface area contributed by atoms with Gasteiger partial charge in [0.2, 0.25) is 5.91 Å². The van der Waals surface area contributed by atoms with Crippen LogP contribution in [0.3, 0.4) is 0 Å². The van der Waals surface area contributed by atoms with Crippen LogP contribution in [0.25, 0.3) is 10.9 Å². The van der Waals surface area contributed by atoms with Crippen LogP contribution in [-0.4, -0.2) is 46.4 Å². The number of carbonyl (C=O) groups excluding carboxylic acids is 2. The Morgan fingerprint density at radius 3 is 2.81 bits per heavy atom. The van der Waals surface area contributed by atoms with E-state index in [2.05, 4.69) is 16.4 Å². The fourth-order valence-electron chi connectivity index (χ4n) is 4.48. The van der Waals surface area contributed by atoms with Gasteiger partial charge in [-0.25, -0.2) is 0 Å². The van der Waals surface area contributed by atoms with Crippen molar-refractivity contribution in [1.29, 1.82) is 0 Å². The summed E-state index contributed by atoms with van der Waals surface area (Å²) in [6.07, 6.45) is 4.96. The molecule has 27 heavy (non-hydrogen) atoms. The van der Waals surface area contributed by atoms with Gasteiger partial charge in [-0.3, -0.25) is 9.59 Å². The molecule has 6 nitrogen and oxygen atoms in total. The monoisotopic (exact) mass is 368 g/mol. The van der Waals surface area contributed by atoms with E-state index in [-0.39, 0.29) is 23.9 Å². The first-order valence-corrected chi connectivity index (χ1v) is 9.95. The van der Waals surface area contributed by atoms with Gasteiger partial charge in [-0.2, -0.15) is 0 Å². The predicted octanol–water partition coefficient (Wildman–Crippen LogP) is 2.11. The Hall–Kier alpha value is -2.34. The molecule has 1 aromatic carbocycles. The highest BCUT2D eigenvalue weighted by Gasteiger charge is 2.39. The first-order valence-electron chi connectivity index (χ1n) is 9.95. The highest BCUT2D eigenvalue weighted by Crippen LogP contribution is 2.32. The van der Waals surface area contributed by atoms with Gasteiger partial charge in [-0.05, 0) is 57.6 Å². The maximum atomic E-state index is 13.4. The first kappa shape index (κ1) is 18.0. The number of rotatable bonds is 3. The minimum atomic E-state index is -0.505. The first-order chi connectivity index (χ1) is 13.0. The normalized spacial score (nSPS) is 22.3. The van der Waals surface area contributed by atoms with E-state index < -0.39 is 6.04 Å². The lowest BCUT2D eigenvalue weighted by Crippen LogP contribution is -2.47. The number of fused-ring (bicyclic) bond motifs is 3. The van der Waals surface area contributed by atoms with Crippen molar-refractivity contribution in [3.8, 4) is 0 Å². The van der Waals surface area contributed by atoms with Crippen LogP contribution < -0.4 is 11.1 Å². The van der Waals surface area contributed by atoms with E-state index in [9.17, 15) is 9.59 Å². The lowest BCUT2D eigenvalue weighted by Gasteiger charge is -2.25. The molecule has 2 heterocycles. The van der Waals surface area contributed by atoms with Crippen LogP contribution >= 0.6 is 0 Å². The number of hydrogen-bond acceptors (Lipinski definition) is 3. The number of nitrogens with one attached hydrogen (secondary N) is 2. The molecule has 1 fully saturated rings. The number of para-hydroxylation sites is 1. The molecule has 0 bridgehead atoms. The number of nitrogens with two attached hydrogens (primary N) is 1. The maximum absolute atomic E-state index is 13.4. The Balaban J connectivity index is 1.69. The van der Waals surface area contributed by atoms with Crippen molar-refractivity contribution >= 4 is 22.7 Å². The van der Waals surface area contributed by atoms with Gasteiger partial charge in [0, 0.05) is 29.7 Å². The van der Waals surface area contributed by atoms with E-state index >= 15 is 0 Å². The molecule has 0 saturated carbocycles. The van der Waals surface area contributed by atoms with Crippen molar-refractivity contribution in [2.24, 2.45) is 5.73 Å². The second-order valence-electron chi connectivity index (χ2n) is 8.15. The van der Waals surface area contributed by atoms with Crippen molar-refractivity contribution in [3.05, 3.63) is 35.0 Å². The Morgan fingerprint density at radius 1 is 1.26 bits per heavy atom. The summed E-state index contributed by atoms with van der Waals surface area (Å²) < 4.78 is 0. The van der Waals surface area contributed by atoms with Crippen molar-refractivity contribution in [2.75, 3.05) is 6.54 Å². The summed E-state index contributed by atoms with van der Waals surface area (Å²) in [6.45, 7) is 4.25. The predicted molar refractivity (Wildman–Crippen MR) is 106 cm³/mol. The van der Waals surface area contributed by atoms with Gasteiger partial charge >= 0.3 is 0 Å².